The van der Waals surface area contributed by atoms with Crippen LogP contribution < -0.4 is 0 Å². The average molecular weight is 180 g/mol. The van der Waals surface area contributed by atoms with E-state index in [1.54, 1.807) is 13.0 Å². The second kappa shape index (κ2) is 3.79. The summed E-state index contributed by atoms with van der Waals surface area (Å²) in [4.78, 5) is 0. The van der Waals surface area contributed by atoms with Crippen LogP contribution >= 0.6 is 0 Å². The summed E-state index contributed by atoms with van der Waals surface area (Å²) in [7, 11) is 0. The number of aliphatic hydroxyl groups is 1. The summed E-state index contributed by atoms with van der Waals surface area (Å²) in [6, 6.07) is 3.87. The molecule has 1 rings (SSSR count). The maximum Gasteiger partial charge on any atom is 0.104 e. The molecule has 1 aromatic rings. The molecule has 1 unspecified atom stereocenters. The van der Waals surface area contributed by atoms with Crippen molar-refractivity contribution in [1.82, 2.24) is 0 Å². The van der Waals surface area contributed by atoms with Crippen LogP contribution in [-0.2, 0) is 6.42 Å². The van der Waals surface area contributed by atoms with E-state index in [2.05, 4.69) is 6.58 Å². The summed E-state index contributed by atoms with van der Waals surface area (Å²) < 4.78 is 5.38. The molecule has 0 saturated carbocycles. The zero-order valence-electron chi connectivity index (χ0n) is 8.21. The molecule has 1 aromatic heterocycles. The molecule has 2 nitrogen and oxygen atoms in total. The maximum atomic E-state index is 9.63. The molecule has 0 spiro atoms. The van der Waals surface area contributed by atoms with E-state index in [9.17, 15) is 5.11 Å². The lowest BCUT2D eigenvalue weighted by molar-refractivity contribution is 0.101. The van der Waals surface area contributed by atoms with E-state index >= 15 is 0 Å². The van der Waals surface area contributed by atoms with Crippen LogP contribution in [0.2, 0.25) is 0 Å². The van der Waals surface area contributed by atoms with Crippen molar-refractivity contribution in [2.45, 2.75) is 32.3 Å². The largest absolute Gasteiger partial charge is 0.466 e. The van der Waals surface area contributed by atoms with Crippen LogP contribution in [-0.4, -0.2) is 10.7 Å². The highest BCUT2D eigenvalue weighted by atomic mass is 16.3. The molecule has 1 heterocycles. The van der Waals surface area contributed by atoms with Crippen molar-refractivity contribution < 1.29 is 9.52 Å². The second-order valence-corrected chi connectivity index (χ2v) is 3.57. The van der Waals surface area contributed by atoms with Crippen molar-refractivity contribution in [2.75, 3.05) is 0 Å². The van der Waals surface area contributed by atoms with Gasteiger partial charge in [-0.15, -0.1) is 6.58 Å². The molecular weight excluding hydrogens is 164 g/mol. The lowest BCUT2D eigenvalue weighted by Gasteiger charge is -2.16. The van der Waals surface area contributed by atoms with E-state index in [1.807, 2.05) is 19.1 Å². The molecule has 0 amide bonds. The zero-order valence-corrected chi connectivity index (χ0v) is 8.21. The summed E-state index contributed by atoms with van der Waals surface area (Å²) in [6.07, 6.45) is 2.94. The fourth-order valence-corrected chi connectivity index (χ4v) is 1.10. The quantitative estimate of drug-likeness (QED) is 0.722. The summed E-state index contributed by atoms with van der Waals surface area (Å²) in [5, 5.41) is 9.63. The van der Waals surface area contributed by atoms with E-state index in [4.69, 9.17) is 4.42 Å². The van der Waals surface area contributed by atoms with Crippen LogP contribution in [0, 0.1) is 6.92 Å². The van der Waals surface area contributed by atoms with Gasteiger partial charge in [0.1, 0.15) is 11.5 Å². The average Bonchev–Trinajstić information content (AvgIpc) is 2.48. The molecule has 1 N–H and O–H groups in total. The number of rotatable bonds is 4. The highest BCUT2D eigenvalue weighted by Gasteiger charge is 2.15. The highest BCUT2D eigenvalue weighted by Crippen LogP contribution is 2.16. The lowest BCUT2D eigenvalue weighted by atomic mass is 10.00. The summed E-state index contributed by atoms with van der Waals surface area (Å²) in [6.45, 7) is 7.23. The molecule has 0 aliphatic rings. The molecule has 0 aliphatic carbocycles. The van der Waals surface area contributed by atoms with Crippen LogP contribution in [0.3, 0.4) is 0 Å². The SMILES string of the molecule is C=CC(C)(O)CCc1ccc(C)o1. The third-order valence-corrected chi connectivity index (χ3v) is 2.11. The minimum Gasteiger partial charge on any atom is -0.466 e. The molecule has 0 fully saturated rings. The minimum atomic E-state index is -0.791. The van der Waals surface area contributed by atoms with Crippen molar-refractivity contribution in [1.29, 1.82) is 0 Å². The Morgan fingerprint density at radius 3 is 2.77 bits per heavy atom. The summed E-state index contributed by atoms with van der Waals surface area (Å²) in [5.74, 6) is 1.83. The van der Waals surface area contributed by atoms with Gasteiger partial charge in [-0.3, -0.25) is 0 Å². The van der Waals surface area contributed by atoms with E-state index in [0.717, 1.165) is 17.9 Å². The van der Waals surface area contributed by atoms with Crippen LogP contribution in [0.5, 0.6) is 0 Å². The molecule has 1 atom stereocenters. The van der Waals surface area contributed by atoms with Gasteiger partial charge in [0.05, 0.1) is 5.60 Å². The second-order valence-electron chi connectivity index (χ2n) is 3.57. The van der Waals surface area contributed by atoms with Crippen molar-refractivity contribution in [3.05, 3.63) is 36.3 Å². The van der Waals surface area contributed by atoms with Gasteiger partial charge in [-0.1, -0.05) is 6.08 Å². The Morgan fingerprint density at radius 1 is 1.62 bits per heavy atom. The van der Waals surface area contributed by atoms with Gasteiger partial charge in [0.25, 0.3) is 0 Å². The van der Waals surface area contributed by atoms with Crippen molar-refractivity contribution in [2.24, 2.45) is 0 Å². The van der Waals surface area contributed by atoms with Crippen molar-refractivity contribution in [3.8, 4) is 0 Å². The summed E-state index contributed by atoms with van der Waals surface area (Å²) in [5.41, 5.74) is -0.791. The van der Waals surface area contributed by atoms with Gasteiger partial charge in [0.2, 0.25) is 0 Å². The summed E-state index contributed by atoms with van der Waals surface area (Å²) >= 11 is 0. The van der Waals surface area contributed by atoms with Gasteiger partial charge in [0, 0.05) is 6.42 Å². The molecule has 0 aromatic carbocycles. The number of furan rings is 1. The Labute approximate surface area is 78.9 Å². The van der Waals surface area contributed by atoms with Gasteiger partial charge in [-0.05, 0) is 32.4 Å². The van der Waals surface area contributed by atoms with Crippen molar-refractivity contribution >= 4 is 0 Å². The predicted octanol–water partition coefficient (Wildman–Crippen LogP) is 2.46. The van der Waals surface area contributed by atoms with Crippen LogP contribution in [0.25, 0.3) is 0 Å². The zero-order chi connectivity index (χ0) is 9.90. The van der Waals surface area contributed by atoms with Crippen LogP contribution in [0.4, 0.5) is 0 Å². The number of hydrogen-bond donors (Lipinski definition) is 1. The third kappa shape index (κ3) is 3.07. The fraction of sp³-hybridized carbons (Fsp3) is 0.455. The lowest BCUT2D eigenvalue weighted by Crippen LogP contribution is -2.20. The van der Waals surface area contributed by atoms with Gasteiger partial charge in [-0.25, -0.2) is 0 Å². The molecule has 0 radical (unpaired) electrons. The maximum absolute atomic E-state index is 9.63. The van der Waals surface area contributed by atoms with E-state index < -0.39 is 5.60 Å². The number of aryl methyl sites for hydroxylation is 2. The molecule has 13 heavy (non-hydrogen) atoms. The standard InChI is InChI=1S/C11H16O2/c1-4-11(3,12)8-7-10-6-5-9(2)13-10/h4-6,12H,1,7-8H2,2-3H3. The van der Waals surface area contributed by atoms with Crippen LogP contribution in [0.1, 0.15) is 24.9 Å². The number of hydrogen-bond acceptors (Lipinski definition) is 2. The topological polar surface area (TPSA) is 33.4 Å². The first-order chi connectivity index (χ1) is 6.03. The van der Waals surface area contributed by atoms with E-state index in [0.29, 0.717) is 6.42 Å². The first kappa shape index (κ1) is 10.1. The van der Waals surface area contributed by atoms with E-state index in [-0.39, 0.29) is 0 Å². The van der Waals surface area contributed by atoms with Gasteiger partial charge in [-0.2, -0.15) is 0 Å². The smallest absolute Gasteiger partial charge is 0.104 e. The van der Waals surface area contributed by atoms with Gasteiger partial charge < -0.3 is 9.52 Å². The fourth-order valence-electron chi connectivity index (χ4n) is 1.10. The van der Waals surface area contributed by atoms with Gasteiger partial charge >= 0.3 is 0 Å². The van der Waals surface area contributed by atoms with Gasteiger partial charge in [0.15, 0.2) is 0 Å². The Morgan fingerprint density at radius 2 is 2.31 bits per heavy atom. The van der Waals surface area contributed by atoms with Crippen LogP contribution in [0.15, 0.2) is 29.2 Å². The molecule has 2 heteroatoms. The Balaban J connectivity index is 2.48. The Kier molecular flexibility index (Phi) is 2.94. The minimum absolute atomic E-state index is 0.642. The molecule has 72 valence electrons. The normalized spacial score (nSPS) is 15.3. The Hall–Kier alpha value is -1.02. The molecule has 0 bridgehead atoms. The van der Waals surface area contributed by atoms with E-state index in [1.165, 1.54) is 0 Å². The monoisotopic (exact) mass is 180 g/mol. The molecule has 0 aliphatic heterocycles. The molecular formula is C11H16O2. The molecule has 0 saturated heterocycles. The van der Waals surface area contributed by atoms with Crippen molar-refractivity contribution in [3.63, 3.8) is 0 Å². The highest BCUT2D eigenvalue weighted by molar-refractivity contribution is 5.07. The Bertz CT molecular complexity index is 284. The predicted molar refractivity (Wildman–Crippen MR) is 52.6 cm³/mol. The first-order valence-electron chi connectivity index (χ1n) is 4.45. The third-order valence-electron chi connectivity index (χ3n) is 2.11. The first-order valence-corrected chi connectivity index (χ1v) is 4.45.